The number of allylic oxidation sites excluding steroid dienone is 2. The van der Waals surface area contributed by atoms with Crippen LogP contribution in [-0.2, 0) is 28.7 Å². The summed E-state index contributed by atoms with van der Waals surface area (Å²) in [5, 5.41) is 12.1. The number of rotatable bonds is 0. The van der Waals surface area contributed by atoms with Crippen LogP contribution < -0.4 is 0 Å². The van der Waals surface area contributed by atoms with E-state index in [1.165, 1.54) is 0 Å². The van der Waals surface area contributed by atoms with Crippen molar-refractivity contribution in [3.05, 3.63) is 23.3 Å². The molecule has 3 saturated carbocycles. The molecule has 0 aromatic heterocycles. The van der Waals surface area contributed by atoms with Crippen molar-refractivity contribution in [3.8, 4) is 0 Å². The van der Waals surface area contributed by atoms with E-state index in [2.05, 4.69) is 6.58 Å². The first-order valence-corrected chi connectivity index (χ1v) is 14.1. The maximum Gasteiger partial charge on any atom is 0.309 e. The molecule has 7 aliphatic rings. The molecule has 0 unspecified atom stereocenters. The van der Waals surface area contributed by atoms with Crippen LogP contribution in [0, 0.1) is 52.8 Å². The number of fused-ring (bicyclic) bond motifs is 7. The smallest absolute Gasteiger partial charge is 0.309 e. The fourth-order valence-electron chi connectivity index (χ4n) is 9.90. The molecule has 5 fully saturated rings. The van der Waals surface area contributed by atoms with Gasteiger partial charge in [-0.2, -0.15) is 0 Å². The number of hydrogen-bond acceptors (Lipinski definition) is 7. The highest BCUT2D eigenvalue weighted by Crippen LogP contribution is 2.68. The van der Waals surface area contributed by atoms with E-state index in [1.807, 2.05) is 20.8 Å². The molecule has 0 amide bonds. The molecule has 2 saturated heterocycles. The van der Waals surface area contributed by atoms with Crippen LogP contribution in [0.3, 0.4) is 0 Å². The standard InChI is InChI=1S/C30H36O7/c1-12-5-6-16-13(2)28(34)37-26(16)21-18(12)11-19(31)30(21)10-9-29(35)8-7-17-14(3)27(33)36-25(17)20-15(4)24(32)23(30)22(20)29/h13-18,20-21,25-26,35H,1,5-11H2,2-4H3/t13-,14-,15-,16-,17-,18-,20-,21-,25-,26-,29-,30+/m0/s1. The number of carbonyl (C=O) groups excluding carboxylic acids is 4. The fourth-order valence-corrected chi connectivity index (χ4v) is 9.90. The van der Waals surface area contributed by atoms with Crippen LogP contribution in [0.2, 0.25) is 0 Å². The molecule has 0 radical (unpaired) electrons. The largest absolute Gasteiger partial charge is 0.461 e. The van der Waals surface area contributed by atoms with Gasteiger partial charge in [0.05, 0.1) is 22.9 Å². The summed E-state index contributed by atoms with van der Waals surface area (Å²) in [5.74, 6) is -2.58. The van der Waals surface area contributed by atoms with Crippen LogP contribution in [0.1, 0.15) is 65.7 Å². The molecule has 1 N–H and O–H groups in total. The lowest BCUT2D eigenvalue weighted by Crippen LogP contribution is -2.51. The van der Waals surface area contributed by atoms with E-state index in [9.17, 15) is 24.3 Å². The Hall–Kier alpha value is -2.28. The number of ketones is 2. The molecule has 1 spiro atoms. The average molecular weight is 509 g/mol. The summed E-state index contributed by atoms with van der Waals surface area (Å²) in [5.41, 5.74) is -0.156. The van der Waals surface area contributed by atoms with Gasteiger partial charge in [-0.1, -0.05) is 32.9 Å². The lowest BCUT2D eigenvalue weighted by Gasteiger charge is -2.47. The summed E-state index contributed by atoms with van der Waals surface area (Å²) in [6.07, 6.45) is 2.76. The third kappa shape index (κ3) is 2.72. The molecule has 0 bridgehead atoms. The summed E-state index contributed by atoms with van der Waals surface area (Å²) in [7, 11) is 0. The van der Waals surface area contributed by atoms with Crippen molar-refractivity contribution in [1.29, 1.82) is 0 Å². The molecular weight excluding hydrogens is 472 g/mol. The van der Waals surface area contributed by atoms with Crippen molar-refractivity contribution in [2.75, 3.05) is 0 Å². The molecule has 5 aliphatic carbocycles. The molecule has 2 aliphatic heterocycles. The Labute approximate surface area is 217 Å². The minimum atomic E-state index is -1.19. The van der Waals surface area contributed by atoms with Gasteiger partial charge < -0.3 is 14.6 Å². The van der Waals surface area contributed by atoms with Crippen LogP contribution in [0.25, 0.3) is 0 Å². The maximum atomic E-state index is 14.3. The normalized spacial score (nSPS) is 52.4. The van der Waals surface area contributed by atoms with Gasteiger partial charge in [-0.3, -0.25) is 19.2 Å². The Balaban J connectivity index is 1.45. The molecule has 0 aromatic rings. The third-order valence-electron chi connectivity index (χ3n) is 11.9. The Morgan fingerprint density at radius 1 is 0.865 bits per heavy atom. The molecule has 198 valence electrons. The van der Waals surface area contributed by atoms with Gasteiger partial charge in [0.2, 0.25) is 0 Å². The summed E-state index contributed by atoms with van der Waals surface area (Å²) < 4.78 is 12.0. The Morgan fingerprint density at radius 3 is 2.22 bits per heavy atom. The van der Waals surface area contributed by atoms with Crippen LogP contribution in [0.5, 0.6) is 0 Å². The van der Waals surface area contributed by atoms with Gasteiger partial charge in [-0.15, -0.1) is 0 Å². The van der Waals surface area contributed by atoms with Crippen molar-refractivity contribution < 1.29 is 33.8 Å². The van der Waals surface area contributed by atoms with Crippen molar-refractivity contribution in [2.24, 2.45) is 52.8 Å². The van der Waals surface area contributed by atoms with E-state index < -0.39 is 35.1 Å². The van der Waals surface area contributed by atoms with Gasteiger partial charge in [0, 0.05) is 41.6 Å². The van der Waals surface area contributed by atoms with E-state index in [-0.39, 0.29) is 65.4 Å². The molecule has 7 nitrogen and oxygen atoms in total. The summed E-state index contributed by atoms with van der Waals surface area (Å²) in [6.45, 7) is 10.0. The number of ether oxygens (including phenoxy) is 2. The molecular formula is C30H36O7. The zero-order valence-corrected chi connectivity index (χ0v) is 21.8. The highest BCUT2D eigenvalue weighted by Gasteiger charge is 2.71. The zero-order chi connectivity index (χ0) is 26.2. The number of Topliss-reactive ketones (excluding diaryl/α,β-unsaturated/α-hetero) is 2. The first-order valence-electron chi connectivity index (χ1n) is 14.1. The quantitative estimate of drug-likeness (QED) is 0.395. The van der Waals surface area contributed by atoms with Crippen molar-refractivity contribution in [3.63, 3.8) is 0 Å². The predicted octanol–water partition coefficient (Wildman–Crippen LogP) is 3.33. The average Bonchev–Trinajstić information content (AvgIpc) is 3.44. The lowest BCUT2D eigenvalue weighted by atomic mass is 9.56. The van der Waals surface area contributed by atoms with E-state index in [0.29, 0.717) is 36.8 Å². The zero-order valence-electron chi connectivity index (χ0n) is 21.8. The third-order valence-corrected chi connectivity index (χ3v) is 11.9. The molecule has 2 heterocycles. The van der Waals surface area contributed by atoms with Crippen molar-refractivity contribution in [2.45, 2.75) is 83.5 Å². The predicted molar refractivity (Wildman–Crippen MR) is 131 cm³/mol. The van der Waals surface area contributed by atoms with E-state index >= 15 is 0 Å². The molecule has 7 rings (SSSR count). The number of aliphatic hydroxyl groups is 1. The van der Waals surface area contributed by atoms with E-state index in [0.717, 1.165) is 18.4 Å². The second-order valence-corrected chi connectivity index (χ2v) is 13.2. The fraction of sp³-hybridized carbons (Fsp3) is 0.733. The minimum Gasteiger partial charge on any atom is -0.461 e. The Kier molecular flexibility index (Phi) is 4.78. The number of esters is 2. The van der Waals surface area contributed by atoms with Crippen LogP contribution >= 0.6 is 0 Å². The molecule has 7 heteroatoms. The first-order chi connectivity index (χ1) is 17.5. The monoisotopic (exact) mass is 508 g/mol. The van der Waals surface area contributed by atoms with Gasteiger partial charge >= 0.3 is 11.9 Å². The first kappa shape index (κ1) is 23.8. The topological polar surface area (TPSA) is 107 Å². The van der Waals surface area contributed by atoms with E-state index in [4.69, 9.17) is 9.47 Å². The Morgan fingerprint density at radius 2 is 1.51 bits per heavy atom. The van der Waals surface area contributed by atoms with E-state index in [1.54, 1.807) is 0 Å². The van der Waals surface area contributed by atoms with Gasteiger partial charge in [0.15, 0.2) is 5.78 Å². The number of hydrogen-bond donors (Lipinski definition) is 1. The van der Waals surface area contributed by atoms with Gasteiger partial charge in [0.25, 0.3) is 0 Å². The summed E-state index contributed by atoms with van der Waals surface area (Å²) >= 11 is 0. The highest BCUT2D eigenvalue weighted by molar-refractivity contribution is 6.10. The van der Waals surface area contributed by atoms with Crippen molar-refractivity contribution in [1.82, 2.24) is 0 Å². The molecule has 12 atom stereocenters. The SMILES string of the molecule is C=C1CC[C@@H]2[C@H](OC(=O)[C@H]2C)[C@@H]2[C@H]1CC(=O)[C@]21CC[C@@]2(O)CC[C@@H]3[C@H](OC(=O)[C@H]3C)[C@@H]3C2=C1C(=O)[C@H]3C. The number of carbonyl (C=O) groups is 4. The maximum absolute atomic E-state index is 14.3. The summed E-state index contributed by atoms with van der Waals surface area (Å²) in [6, 6.07) is 0. The summed E-state index contributed by atoms with van der Waals surface area (Å²) in [4.78, 5) is 53.9. The van der Waals surface area contributed by atoms with Gasteiger partial charge in [0.1, 0.15) is 18.0 Å². The molecule has 37 heavy (non-hydrogen) atoms. The van der Waals surface area contributed by atoms with Crippen molar-refractivity contribution >= 4 is 23.5 Å². The van der Waals surface area contributed by atoms with Gasteiger partial charge in [-0.05, 0) is 50.0 Å². The highest BCUT2D eigenvalue weighted by atomic mass is 16.6. The second-order valence-electron chi connectivity index (χ2n) is 13.2. The minimum absolute atomic E-state index is 0.0169. The second kappa shape index (κ2) is 7.43. The van der Waals surface area contributed by atoms with Gasteiger partial charge in [-0.25, -0.2) is 0 Å². The molecule has 0 aromatic carbocycles. The van der Waals surface area contributed by atoms with Crippen LogP contribution in [0.15, 0.2) is 23.3 Å². The Bertz CT molecular complexity index is 1200. The van der Waals surface area contributed by atoms with Crippen LogP contribution in [0.4, 0.5) is 0 Å². The lowest BCUT2D eigenvalue weighted by molar-refractivity contribution is -0.149. The van der Waals surface area contributed by atoms with Crippen LogP contribution in [-0.4, -0.2) is 46.4 Å².